The minimum atomic E-state index is -0.237. The van der Waals surface area contributed by atoms with Crippen molar-refractivity contribution in [2.45, 2.75) is 38.3 Å². The molecule has 2 aliphatic rings. The number of benzene rings is 1. The van der Waals surface area contributed by atoms with E-state index in [0.29, 0.717) is 18.5 Å². The molecule has 2 unspecified atom stereocenters. The number of hydrogen-bond donors (Lipinski definition) is 2. The van der Waals surface area contributed by atoms with Crippen molar-refractivity contribution in [3.63, 3.8) is 0 Å². The van der Waals surface area contributed by atoms with Gasteiger partial charge in [0, 0.05) is 37.2 Å². The molecule has 0 saturated carbocycles. The van der Waals surface area contributed by atoms with Gasteiger partial charge in [0.15, 0.2) is 5.96 Å². The highest BCUT2D eigenvalue weighted by molar-refractivity contribution is 6.30. The average molecular weight is 379 g/mol. The molecule has 26 heavy (non-hydrogen) atoms. The van der Waals surface area contributed by atoms with Crippen LogP contribution in [0.15, 0.2) is 29.3 Å². The van der Waals surface area contributed by atoms with Gasteiger partial charge in [-0.1, -0.05) is 23.7 Å². The van der Waals surface area contributed by atoms with Gasteiger partial charge in [-0.25, -0.2) is 0 Å². The third kappa shape index (κ3) is 4.70. The second-order valence-electron chi connectivity index (χ2n) is 7.47. The zero-order chi connectivity index (χ0) is 18.5. The summed E-state index contributed by atoms with van der Waals surface area (Å²) in [5.74, 6) is 1.40. The maximum Gasteiger partial charge on any atom is 0.194 e. The number of hydrogen-bond acceptors (Lipinski definition) is 3. The van der Waals surface area contributed by atoms with E-state index in [0.717, 1.165) is 43.6 Å². The lowest BCUT2D eigenvalue weighted by atomic mass is 9.85. The number of aliphatic hydroxyl groups excluding tert-OH is 1. The maximum absolute atomic E-state index is 9.84. The molecule has 6 heteroatoms. The van der Waals surface area contributed by atoms with Crippen LogP contribution in [0.1, 0.15) is 37.8 Å². The molecule has 0 bridgehead atoms. The molecule has 1 aromatic carbocycles. The van der Waals surface area contributed by atoms with E-state index in [4.69, 9.17) is 16.6 Å². The maximum atomic E-state index is 9.84. The van der Waals surface area contributed by atoms with Crippen LogP contribution in [-0.2, 0) is 0 Å². The molecule has 2 aliphatic heterocycles. The number of nitrogens with zero attached hydrogens (tertiary/aromatic N) is 3. The van der Waals surface area contributed by atoms with Gasteiger partial charge in [-0.3, -0.25) is 9.89 Å². The standard InChI is InChI=1S/C20H31ClN4O/c1-3-22-20(25-11-9-18(26)14-25)23-13-16-7-5-10-24(2)19(16)15-6-4-8-17(21)12-15/h4,6,8,12,16,18-19,26H,3,5,7,9-11,13-14H2,1-2H3,(H,22,23)/t16?,18-,19?/m1/s1. The summed E-state index contributed by atoms with van der Waals surface area (Å²) in [6, 6.07) is 8.58. The fraction of sp³-hybridized carbons (Fsp3) is 0.650. The van der Waals surface area contributed by atoms with Crippen molar-refractivity contribution in [3.8, 4) is 0 Å². The Bertz CT molecular complexity index is 624. The van der Waals surface area contributed by atoms with E-state index in [1.165, 1.54) is 18.4 Å². The molecule has 0 spiro atoms. The third-order valence-corrected chi connectivity index (χ3v) is 5.71. The van der Waals surface area contributed by atoms with Gasteiger partial charge >= 0.3 is 0 Å². The number of guanidine groups is 1. The largest absolute Gasteiger partial charge is 0.391 e. The number of aliphatic hydroxyl groups is 1. The van der Waals surface area contributed by atoms with Gasteiger partial charge in [0.05, 0.1) is 6.10 Å². The van der Waals surface area contributed by atoms with Gasteiger partial charge in [-0.15, -0.1) is 0 Å². The number of aliphatic imine (C=N–C) groups is 1. The highest BCUT2D eigenvalue weighted by atomic mass is 35.5. The predicted molar refractivity (Wildman–Crippen MR) is 108 cm³/mol. The highest BCUT2D eigenvalue weighted by Gasteiger charge is 2.31. The van der Waals surface area contributed by atoms with Crippen LogP contribution in [0.4, 0.5) is 0 Å². The van der Waals surface area contributed by atoms with Gasteiger partial charge in [0.2, 0.25) is 0 Å². The zero-order valence-electron chi connectivity index (χ0n) is 15.9. The number of β-amino-alcohol motifs (C(OH)–C–C–N with tert-alkyl or cyclic N) is 1. The topological polar surface area (TPSA) is 51.1 Å². The number of nitrogens with one attached hydrogen (secondary N) is 1. The van der Waals surface area contributed by atoms with Crippen LogP contribution in [0.5, 0.6) is 0 Å². The molecule has 2 heterocycles. The number of halogens is 1. The normalized spacial score (nSPS) is 27.8. The van der Waals surface area contributed by atoms with Crippen LogP contribution >= 0.6 is 11.6 Å². The Morgan fingerprint density at radius 2 is 2.19 bits per heavy atom. The van der Waals surface area contributed by atoms with Crippen molar-refractivity contribution < 1.29 is 5.11 Å². The second kappa shape index (κ2) is 9.07. The van der Waals surface area contributed by atoms with E-state index in [2.05, 4.69) is 41.2 Å². The molecule has 0 radical (unpaired) electrons. The lowest BCUT2D eigenvalue weighted by molar-refractivity contribution is 0.125. The lowest BCUT2D eigenvalue weighted by Gasteiger charge is -2.39. The number of piperidine rings is 1. The Morgan fingerprint density at radius 3 is 2.88 bits per heavy atom. The second-order valence-corrected chi connectivity index (χ2v) is 7.90. The van der Waals surface area contributed by atoms with Crippen molar-refractivity contribution in [2.75, 3.05) is 39.8 Å². The summed E-state index contributed by atoms with van der Waals surface area (Å²) in [5.41, 5.74) is 1.28. The van der Waals surface area contributed by atoms with Gasteiger partial charge in [0.25, 0.3) is 0 Å². The molecular weight excluding hydrogens is 348 g/mol. The first-order valence-electron chi connectivity index (χ1n) is 9.75. The molecule has 1 aromatic rings. The van der Waals surface area contributed by atoms with Crippen molar-refractivity contribution in [1.82, 2.24) is 15.1 Å². The number of likely N-dealkylation sites (tertiary alicyclic amines) is 2. The summed E-state index contributed by atoms with van der Waals surface area (Å²) in [6.07, 6.45) is 2.96. The van der Waals surface area contributed by atoms with Gasteiger partial charge < -0.3 is 15.3 Å². The van der Waals surface area contributed by atoms with Crippen LogP contribution in [0.3, 0.4) is 0 Å². The molecule has 0 aromatic heterocycles. The first-order valence-corrected chi connectivity index (χ1v) is 10.1. The molecule has 0 amide bonds. The van der Waals surface area contributed by atoms with Crippen molar-refractivity contribution in [1.29, 1.82) is 0 Å². The molecule has 2 saturated heterocycles. The smallest absolute Gasteiger partial charge is 0.194 e. The molecule has 144 valence electrons. The van der Waals surface area contributed by atoms with Crippen LogP contribution in [-0.4, -0.2) is 66.7 Å². The Labute approximate surface area is 162 Å². The summed E-state index contributed by atoms with van der Waals surface area (Å²) in [6.45, 7) is 6.37. The summed E-state index contributed by atoms with van der Waals surface area (Å²) in [4.78, 5) is 9.56. The monoisotopic (exact) mass is 378 g/mol. The summed E-state index contributed by atoms with van der Waals surface area (Å²) >= 11 is 6.24. The summed E-state index contributed by atoms with van der Waals surface area (Å²) < 4.78 is 0. The van der Waals surface area contributed by atoms with E-state index >= 15 is 0 Å². The lowest BCUT2D eigenvalue weighted by Crippen LogP contribution is -2.42. The Balaban J connectivity index is 1.76. The van der Waals surface area contributed by atoms with Crippen molar-refractivity contribution in [3.05, 3.63) is 34.9 Å². The molecule has 3 atom stereocenters. The Kier molecular flexibility index (Phi) is 6.79. The van der Waals surface area contributed by atoms with Crippen LogP contribution in [0.2, 0.25) is 5.02 Å². The molecule has 0 aliphatic carbocycles. The number of rotatable bonds is 4. The van der Waals surface area contributed by atoms with E-state index < -0.39 is 0 Å². The van der Waals surface area contributed by atoms with Gasteiger partial charge in [0.1, 0.15) is 0 Å². The van der Waals surface area contributed by atoms with Crippen LogP contribution < -0.4 is 5.32 Å². The Hall–Kier alpha value is -1.30. The molecule has 2 N–H and O–H groups in total. The third-order valence-electron chi connectivity index (χ3n) is 5.47. The van der Waals surface area contributed by atoms with Crippen LogP contribution in [0, 0.1) is 5.92 Å². The minimum absolute atomic E-state index is 0.237. The molecule has 3 rings (SSSR count). The zero-order valence-corrected chi connectivity index (χ0v) is 16.6. The SMILES string of the molecule is CCNC(=NCC1CCCN(C)C1c1cccc(Cl)c1)N1CC[C@@H](O)C1. The van der Waals surface area contributed by atoms with Crippen molar-refractivity contribution >= 4 is 17.6 Å². The van der Waals surface area contributed by atoms with E-state index in [9.17, 15) is 5.11 Å². The average Bonchev–Trinajstić information content (AvgIpc) is 3.05. The van der Waals surface area contributed by atoms with Gasteiger partial charge in [-0.05, 0) is 63.4 Å². The Morgan fingerprint density at radius 1 is 1.35 bits per heavy atom. The first kappa shape index (κ1) is 19.5. The molecular formula is C20H31ClN4O. The summed E-state index contributed by atoms with van der Waals surface area (Å²) in [7, 11) is 2.20. The van der Waals surface area contributed by atoms with E-state index in [1.54, 1.807) is 0 Å². The van der Waals surface area contributed by atoms with E-state index in [-0.39, 0.29) is 6.10 Å². The first-order chi connectivity index (χ1) is 12.6. The minimum Gasteiger partial charge on any atom is -0.391 e. The fourth-order valence-corrected chi connectivity index (χ4v) is 4.43. The summed E-state index contributed by atoms with van der Waals surface area (Å²) in [5, 5.41) is 14.0. The van der Waals surface area contributed by atoms with Crippen molar-refractivity contribution in [2.24, 2.45) is 10.9 Å². The van der Waals surface area contributed by atoms with Crippen LogP contribution in [0.25, 0.3) is 0 Å². The fourth-order valence-electron chi connectivity index (χ4n) is 4.23. The quantitative estimate of drug-likeness (QED) is 0.624. The molecule has 2 fully saturated rings. The molecule has 5 nitrogen and oxygen atoms in total. The predicted octanol–water partition coefficient (Wildman–Crippen LogP) is 2.76. The highest BCUT2D eigenvalue weighted by Crippen LogP contribution is 2.36. The van der Waals surface area contributed by atoms with Gasteiger partial charge in [-0.2, -0.15) is 0 Å². The van der Waals surface area contributed by atoms with E-state index in [1.807, 2.05) is 12.1 Å².